The zero-order valence-electron chi connectivity index (χ0n) is 20.5. The maximum Gasteiger partial charge on any atom is 0.418 e. The van der Waals surface area contributed by atoms with Crippen LogP contribution < -0.4 is 10.6 Å². The van der Waals surface area contributed by atoms with Crippen LogP contribution in [0.1, 0.15) is 75.8 Å². The number of anilines is 1. The smallest absolute Gasteiger partial charge is 0.330 e. The van der Waals surface area contributed by atoms with Crippen LogP contribution in [0.2, 0.25) is 0 Å². The molecular weight excluding hydrogens is 498 g/mol. The predicted molar refractivity (Wildman–Crippen MR) is 124 cm³/mol. The summed E-state index contributed by atoms with van der Waals surface area (Å²) in [4.78, 5) is 25.1. The van der Waals surface area contributed by atoms with Gasteiger partial charge in [0.2, 0.25) is 11.8 Å². The van der Waals surface area contributed by atoms with Gasteiger partial charge in [0.15, 0.2) is 0 Å². The Hall–Kier alpha value is -2.52. The van der Waals surface area contributed by atoms with Crippen LogP contribution >= 0.6 is 0 Å². The third-order valence-electron chi connectivity index (χ3n) is 9.58. The second-order valence-corrected chi connectivity index (χ2v) is 11.5. The number of hydrogen-bond donors (Lipinski definition) is 2. The van der Waals surface area contributed by atoms with Crippen LogP contribution in [0.5, 0.6) is 0 Å². The van der Waals surface area contributed by atoms with E-state index in [1.54, 1.807) is 0 Å². The molecule has 4 nitrogen and oxygen atoms in total. The topological polar surface area (TPSA) is 58.2 Å². The SMILES string of the molecule is C[C@]12CCC(=O)NC1=CC[C@H]1[C@@H]3CCC[C@@]3(CC(=O)Nc3cc(C(F)(F)F)ccc3C(F)(F)F)CC[C@@H]12. The van der Waals surface area contributed by atoms with Crippen molar-refractivity contribution in [1.29, 1.82) is 0 Å². The summed E-state index contributed by atoms with van der Waals surface area (Å²) in [5, 5.41) is 5.23. The van der Waals surface area contributed by atoms with Crippen LogP contribution in [0.15, 0.2) is 30.0 Å². The van der Waals surface area contributed by atoms with Gasteiger partial charge in [-0.25, -0.2) is 0 Å². The molecule has 3 fully saturated rings. The van der Waals surface area contributed by atoms with E-state index in [2.05, 4.69) is 23.6 Å². The molecule has 5 rings (SSSR count). The standard InChI is InChI=1S/C27H30F6N2O2/c1-24-11-9-22(36)35-21(24)7-5-16-17(24)8-12-25(10-2-3-18(16)25)14-23(37)34-20-13-15(26(28,29)30)4-6-19(20)27(31,32)33/h4,6-7,13,16-18H,2-3,5,8-12,14H2,1H3,(H,34,37)(H,35,36)/t16-,17+,18+,24-,25+/m1/s1. The van der Waals surface area contributed by atoms with Crippen molar-refractivity contribution in [3.8, 4) is 0 Å². The van der Waals surface area contributed by atoms with Gasteiger partial charge in [0.25, 0.3) is 0 Å². The lowest BCUT2D eigenvalue weighted by molar-refractivity contribution is -0.141. The van der Waals surface area contributed by atoms with Crippen molar-refractivity contribution in [3.05, 3.63) is 41.1 Å². The summed E-state index contributed by atoms with van der Waals surface area (Å²) in [7, 11) is 0. The minimum atomic E-state index is -4.91. The van der Waals surface area contributed by atoms with Gasteiger partial charge < -0.3 is 10.6 Å². The minimum Gasteiger partial charge on any atom is -0.330 e. The molecule has 3 aliphatic carbocycles. The van der Waals surface area contributed by atoms with Crippen molar-refractivity contribution in [2.45, 2.75) is 77.1 Å². The summed E-state index contributed by atoms with van der Waals surface area (Å²) in [6, 6.07) is 1.12. The fourth-order valence-electron chi connectivity index (χ4n) is 7.88. The van der Waals surface area contributed by atoms with E-state index in [0.29, 0.717) is 36.5 Å². The third-order valence-corrected chi connectivity index (χ3v) is 9.58. The Morgan fingerprint density at radius 2 is 1.81 bits per heavy atom. The summed E-state index contributed by atoms with van der Waals surface area (Å²) in [6.07, 6.45) is -1.48. The Bertz CT molecular complexity index is 1140. The molecule has 1 aromatic carbocycles. The van der Waals surface area contributed by atoms with Gasteiger partial charge in [-0.2, -0.15) is 26.3 Å². The summed E-state index contributed by atoms with van der Waals surface area (Å²) < 4.78 is 80.1. The average Bonchev–Trinajstić information content (AvgIpc) is 3.21. The first-order chi connectivity index (χ1) is 17.2. The quantitative estimate of drug-likeness (QED) is 0.413. The Morgan fingerprint density at radius 1 is 1.05 bits per heavy atom. The van der Waals surface area contributed by atoms with Crippen LogP contribution in [0.3, 0.4) is 0 Å². The highest BCUT2D eigenvalue weighted by Crippen LogP contribution is 2.65. The molecule has 1 saturated heterocycles. The van der Waals surface area contributed by atoms with Gasteiger partial charge in [-0.05, 0) is 79.9 Å². The normalized spacial score (nSPS) is 33.5. The molecule has 37 heavy (non-hydrogen) atoms. The zero-order chi connectivity index (χ0) is 26.8. The van der Waals surface area contributed by atoms with Gasteiger partial charge in [-0.3, -0.25) is 9.59 Å². The first-order valence-corrected chi connectivity index (χ1v) is 12.8. The zero-order valence-corrected chi connectivity index (χ0v) is 20.5. The van der Waals surface area contributed by atoms with Crippen LogP contribution in [-0.2, 0) is 21.9 Å². The number of carbonyl (C=O) groups excluding carboxylic acids is 2. The summed E-state index contributed by atoms with van der Waals surface area (Å²) >= 11 is 0. The average molecular weight is 529 g/mol. The van der Waals surface area contributed by atoms with Crippen LogP contribution in [-0.4, -0.2) is 11.8 Å². The molecule has 2 amide bonds. The molecule has 0 unspecified atom stereocenters. The first kappa shape index (κ1) is 26.1. The van der Waals surface area contributed by atoms with E-state index in [9.17, 15) is 35.9 Å². The third kappa shape index (κ3) is 4.54. The van der Waals surface area contributed by atoms with E-state index >= 15 is 0 Å². The Balaban J connectivity index is 1.38. The number of hydrogen-bond acceptors (Lipinski definition) is 2. The highest BCUT2D eigenvalue weighted by molar-refractivity contribution is 5.92. The van der Waals surface area contributed by atoms with Crippen molar-refractivity contribution in [1.82, 2.24) is 5.32 Å². The van der Waals surface area contributed by atoms with Crippen LogP contribution in [0, 0.1) is 28.6 Å². The molecule has 202 valence electrons. The van der Waals surface area contributed by atoms with Crippen molar-refractivity contribution in [3.63, 3.8) is 0 Å². The van der Waals surface area contributed by atoms with Crippen LogP contribution in [0.4, 0.5) is 32.0 Å². The molecule has 10 heteroatoms. The molecule has 1 heterocycles. The summed E-state index contributed by atoms with van der Waals surface area (Å²) in [5.41, 5.74) is -2.94. The molecule has 4 aliphatic rings. The maximum atomic E-state index is 13.5. The molecule has 0 spiro atoms. The van der Waals surface area contributed by atoms with Crippen molar-refractivity contribution >= 4 is 17.5 Å². The monoisotopic (exact) mass is 528 g/mol. The Labute approximate surface area is 211 Å². The van der Waals surface area contributed by atoms with E-state index in [1.807, 2.05) is 0 Å². The van der Waals surface area contributed by atoms with Crippen molar-refractivity contribution in [2.24, 2.45) is 28.6 Å². The molecule has 0 bridgehead atoms. The fourth-order valence-corrected chi connectivity index (χ4v) is 7.88. The Morgan fingerprint density at radius 3 is 2.51 bits per heavy atom. The molecule has 2 saturated carbocycles. The highest BCUT2D eigenvalue weighted by Gasteiger charge is 2.58. The van der Waals surface area contributed by atoms with Crippen molar-refractivity contribution in [2.75, 3.05) is 5.32 Å². The van der Waals surface area contributed by atoms with Crippen LogP contribution in [0.25, 0.3) is 0 Å². The number of benzene rings is 1. The van der Waals surface area contributed by atoms with Crippen molar-refractivity contribution < 1.29 is 35.9 Å². The molecule has 0 radical (unpaired) electrons. The fraction of sp³-hybridized carbons (Fsp3) is 0.630. The second kappa shape index (κ2) is 8.76. The lowest BCUT2D eigenvalue weighted by Gasteiger charge is -2.57. The first-order valence-electron chi connectivity index (χ1n) is 12.8. The molecule has 1 aromatic rings. The Kier molecular flexibility index (Phi) is 6.18. The summed E-state index contributed by atoms with van der Waals surface area (Å²) in [5.74, 6) is 0.184. The van der Waals surface area contributed by atoms with E-state index in [0.717, 1.165) is 50.6 Å². The van der Waals surface area contributed by atoms with E-state index in [1.165, 1.54) is 0 Å². The van der Waals surface area contributed by atoms with Gasteiger partial charge in [-0.1, -0.05) is 19.4 Å². The van der Waals surface area contributed by atoms with E-state index in [-0.39, 0.29) is 29.1 Å². The van der Waals surface area contributed by atoms with Gasteiger partial charge in [0.05, 0.1) is 16.8 Å². The van der Waals surface area contributed by atoms with E-state index < -0.39 is 35.1 Å². The number of nitrogens with one attached hydrogen (secondary N) is 2. The predicted octanol–water partition coefficient (Wildman–Crippen LogP) is 7.07. The molecule has 1 aliphatic heterocycles. The number of fused-ring (bicyclic) bond motifs is 5. The number of amides is 2. The van der Waals surface area contributed by atoms with E-state index in [4.69, 9.17) is 0 Å². The van der Waals surface area contributed by atoms with Gasteiger partial charge >= 0.3 is 12.4 Å². The van der Waals surface area contributed by atoms with Gasteiger partial charge in [0.1, 0.15) is 0 Å². The second-order valence-electron chi connectivity index (χ2n) is 11.5. The maximum absolute atomic E-state index is 13.5. The lowest BCUT2D eigenvalue weighted by Crippen LogP contribution is -2.53. The number of carbonyl (C=O) groups is 2. The van der Waals surface area contributed by atoms with Gasteiger partial charge in [-0.15, -0.1) is 0 Å². The lowest BCUT2D eigenvalue weighted by atomic mass is 9.49. The molecule has 0 aromatic heterocycles. The molecule has 2 N–H and O–H groups in total. The van der Waals surface area contributed by atoms with Gasteiger partial charge in [0, 0.05) is 24.0 Å². The number of piperidine rings is 1. The number of rotatable bonds is 3. The number of alkyl halides is 6. The largest absolute Gasteiger partial charge is 0.418 e. The molecular formula is C27H30F6N2O2. The highest BCUT2D eigenvalue weighted by atomic mass is 19.4. The molecule has 5 atom stereocenters. The number of allylic oxidation sites excluding steroid dienone is 2. The number of halogens is 6. The minimum absolute atomic E-state index is 0.0154. The summed E-state index contributed by atoms with van der Waals surface area (Å²) in [6.45, 7) is 2.19.